The van der Waals surface area contributed by atoms with Crippen LogP contribution in [-0.2, 0) is 0 Å². The summed E-state index contributed by atoms with van der Waals surface area (Å²) in [5.41, 5.74) is 3.76. The molecule has 0 amide bonds. The fraction of sp³-hybridized carbons (Fsp3) is 0.250. The van der Waals surface area contributed by atoms with E-state index in [0.717, 1.165) is 5.69 Å². The quantitative estimate of drug-likeness (QED) is 0.593. The summed E-state index contributed by atoms with van der Waals surface area (Å²) in [4.78, 5) is 4.31. The summed E-state index contributed by atoms with van der Waals surface area (Å²) in [6.07, 6.45) is 1.88. The molecule has 0 saturated heterocycles. The van der Waals surface area contributed by atoms with E-state index in [9.17, 15) is 0 Å². The van der Waals surface area contributed by atoms with Gasteiger partial charge in [-0.1, -0.05) is 12.1 Å². The fourth-order valence-electron chi connectivity index (χ4n) is 1.82. The van der Waals surface area contributed by atoms with Gasteiger partial charge >= 0.3 is 0 Å². The summed E-state index contributed by atoms with van der Waals surface area (Å²) in [6, 6.07) is 6.41. The molecule has 0 spiro atoms. The maximum atomic E-state index is 4.31. The minimum atomic E-state index is 1.12. The van der Waals surface area contributed by atoms with Crippen LogP contribution in [0.15, 0.2) is 24.4 Å². The molecule has 0 aliphatic rings. The van der Waals surface area contributed by atoms with Crippen LogP contribution >= 0.6 is 0 Å². The van der Waals surface area contributed by atoms with Crippen molar-refractivity contribution in [3.05, 3.63) is 41.2 Å². The highest BCUT2D eigenvalue weighted by molar-refractivity contribution is 5.89. The number of aromatic nitrogens is 1. The molecule has 0 aliphatic heterocycles. The van der Waals surface area contributed by atoms with E-state index >= 15 is 0 Å². The zero-order valence-electron chi connectivity index (χ0n) is 8.26. The highest BCUT2D eigenvalue weighted by atomic mass is 14.7. The summed E-state index contributed by atoms with van der Waals surface area (Å²) in [5, 5.41) is 2.63. The number of fused-ring (bicyclic) bond motifs is 1. The van der Waals surface area contributed by atoms with Crippen LogP contribution in [0.1, 0.15) is 16.8 Å². The lowest BCUT2D eigenvalue weighted by Crippen LogP contribution is -1.88. The van der Waals surface area contributed by atoms with Crippen LogP contribution < -0.4 is 0 Å². The van der Waals surface area contributed by atoms with E-state index in [1.165, 1.54) is 21.9 Å². The summed E-state index contributed by atoms with van der Waals surface area (Å²) in [6.45, 7) is 6.34. The molecule has 1 heteroatoms. The summed E-state index contributed by atoms with van der Waals surface area (Å²) < 4.78 is 0. The standard InChI is InChI=1S/C12H13N/c1-8-4-5-9(2)12-10(3)13-7-6-11(8)12/h4-7H,1-3H3. The van der Waals surface area contributed by atoms with Crippen LogP contribution in [0.4, 0.5) is 0 Å². The SMILES string of the molecule is Cc1ccc(C)c2c(C)nccc12. The van der Waals surface area contributed by atoms with Gasteiger partial charge in [-0.3, -0.25) is 4.98 Å². The molecular formula is C12H13N. The Labute approximate surface area is 78.4 Å². The highest BCUT2D eigenvalue weighted by Crippen LogP contribution is 2.23. The van der Waals surface area contributed by atoms with Gasteiger partial charge in [-0.2, -0.15) is 0 Å². The summed E-state index contributed by atoms with van der Waals surface area (Å²) >= 11 is 0. The molecule has 13 heavy (non-hydrogen) atoms. The minimum absolute atomic E-state index is 1.12. The number of aryl methyl sites for hydroxylation is 3. The number of rotatable bonds is 0. The molecule has 0 N–H and O–H groups in total. The Kier molecular flexibility index (Phi) is 1.80. The molecule has 0 radical (unpaired) electrons. The van der Waals surface area contributed by atoms with Gasteiger partial charge in [0.1, 0.15) is 0 Å². The third kappa shape index (κ3) is 1.21. The molecule has 2 aromatic rings. The van der Waals surface area contributed by atoms with Gasteiger partial charge in [-0.15, -0.1) is 0 Å². The molecule has 0 aliphatic carbocycles. The van der Waals surface area contributed by atoms with Crippen LogP contribution in [0.5, 0.6) is 0 Å². The van der Waals surface area contributed by atoms with Gasteiger partial charge in [0.15, 0.2) is 0 Å². The van der Waals surface area contributed by atoms with Crippen LogP contribution in [0.25, 0.3) is 10.8 Å². The van der Waals surface area contributed by atoms with Crippen molar-refractivity contribution < 1.29 is 0 Å². The predicted molar refractivity (Wildman–Crippen MR) is 56.0 cm³/mol. The largest absolute Gasteiger partial charge is 0.261 e. The Bertz CT molecular complexity index is 450. The molecule has 66 valence electrons. The number of hydrogen-bond acceptors (Lipinski definition) is 1. The topological polar surface area (TPSA) is 12.9 Å². The molecule has 0 bridgehead atoms. The number of pyridine rings is 1. The molecule has 0 atom stereocenters. The van der Waals surface area contributed by atoms with E-state index in [-0.39, 0.29) is 0 Å². The molecule has 1 aromatic heterocycles. The van der Waals surface area contributed by atoms with Gasteiger partial charge < -0.3 is 0 Å². The third-order valence-electron chi connectivity index (χ3n) is 2.54. The Morgan fingerprint density at radius 1 is 0.923 bits per heavy atom. The van der Waals surface area contributed by atoms with E-state index in [1.807, 2.05) is 6.20 Å². The highest BCUT2D eigenvalue weighted by Gasteiger charge is 2.02. The second-order valence-corrected chi connectivity index (χ2v) is 3.52. The molecule has 0 unspecified atom stereocenters. The van der Waals surface area contributed by atoms with Crippen molar-refractivity contribution in [2.75, 3.05) is 0 Å². The van der Waals surface area contributed by atoms with Crippen molar-refractivity contribution in [3.63, 3.8) is 0 Å². The monoisotopic (exact) mass is 171 g/mol. The lowest BCUT2D eigenvalue weighted by Gasteiger charge is -2.06. The average molecular weight is 171 g/mol. The molecule has 1 nitrogen and oxygen atoms in total. The second kappa shape index (κ2) is 2.84. The van der Waals surface area contributed by atoms with Gasteiger partial charge in [0.05, 0.1) is 0 Å². The Morgan fingerprint density at radius 3 is 2.31 bits per heavy atom. The third-order valence-corrected chi connectivity index (χ3v) is 2.54. The van der Waals surface area contributed by atoms with E-state index in [0.29, 0.717) is 0 Å². The van der Waals surface area contributed by atoms with Crippen molar-refractivity contribution >= 4 is 10.8 Å². The maximum Gasteiger partial charge on any atom is 0.0453 e. The Balaban J connectivity index is 3.00. The normalized spacial score (nSPS) is 10.7. The first kappa shape index (κ1) is 8.24. The lowest BCUT2D eigenvalue weighted by molar-refractivity contribution is 1.22. The lowest BCUT2D eigenvalue weighted by atomic mass is 10.0. The molecular weight excluding hydrogens is 158 g/mol. The number of hydrogen-bond donors (Lipinski definition) is 0. The molecule has 0 saturated carbocycles. The van der Waals surface area contributed by atoms with Gasteiger partial charge in [0.25, 0.3) is 0 Å². The van der Waals surface area contributed by atoms with Crippen LogP contribution in [-0.4, -0.2) is 4.98 Å². The van der Waals surface area contributed by atoms with Crippen LogP contribution in [0, 0.1) is 20.8 Å². The fourth-order valence-corrected chi connectivity index (χ4v) is 1.82. The Morgan fingerprint density at radius 2 is 1.62 bits per heavy atom. The van der Waals surface area contributed by atoms with Gasteiger partial charge in [0, 0.05) is 17.3 Å². The van der Waals surface area contributed by atoms with E-state index in [1.54, 1.807) is 0 Å². The van der Waals surface area contributed by atoms with Crippen LogP contribution in [0.2, 0.25) is 0 Å². The zero-order chi connectivity index (χ0) is 9.42. The summed E-state index contributed by atoms with van der Waals surface area (Å²) in [5.74, 6) is 0. The first-order chi connectivity index (χ1) is 6.20. The van der Waals surface area contributed by atoms with Gasteiger partial charge in [0.2, 0.25) is 0 Å². The van der Waals surface area contributed by atoms with Crippen LogP contribution in [0.3, 0.4) is 0 Å². The van der Waals surface area contributed by atoms with Gasteiger partial charge in [-0.25, -0.2) is 0 Å². The van der Waals surface area contributed by atoms with Crippen molar-refractivity contribution in [1.29, 1.82) is 0 Å². The van der Waals surface area contributed by atoms with Gasteiger partial charge in [-0.05, 0) is 43.4 Å². The smallest absolute Gasteiger partial charge is 0.0453 e. The minimum Gasteiger partial charge on any atom is -0.261 e. The molecule has 1 heterocycles. The summed E-state index contributed by atoms with van der Waals surface area (Å²) in [7, 11) is 0. The maximum absolute atomic E-state index is 4.31. The number of nitrogens with zero attached hydrogens (tertiary/aromatic N) is 1. The Hall–Kier alpha value is -1.37. The van der Waals surface area contributed by atoms with E-state index in [2.05, 4.69) is 44.0 Å². The van der Waals surface area contributed by atoms with Crippen molar-refractivity contribution in [2.24, 2.45) is 0 Å². The molecule has 1 aromatic carbocycles. The number of benzene rings is 1. The zero-order valence-corrected chi connectivity index (χ0v) is 8.26. The van der Waals surface area contributed by atoms with Crippen molar-refractivity contribution in [3.8, 4) is 0 Å². The van der Waals surface area contributed by atoms with E-state index < -0.39 is 0 Å². The van der Waals surface area contributed by atoms with E-state index in [4.69, 9.17) is 0 Å². The molecule has 2 rings (SSSR count). The average Bonchev–Trinajstić information content (AvgIpc) is 2.12. The molecule has 0 fully saturated rings. The van der Waals surface area contributed by atoms with Crippen molar-refractivity contribution in [1.82, 2.24) is 4.98 Å². The first-order valence-corrected chi connectivity index (χ1v) is 4.51. The predicted octanol–water partition coefficient (Wildman–Crippen LogP) is 3.16. The second-order valence-electron chi connectivity index (χ2n) is 3.52. The van der Waals surface area contributed by atoms with Crippen molar-refractivity contribution in [2.45, 2.75) is 20.8 Å². The first-order valence-electron chi connectivity index (χ1n) is 4.51.